The van der Waals surface area contributed by atoms with Crippen molar-refractivity contribution in [3.05, 3.63) is 35.4 Å². The summed E-state index contributed by atoms with van der Waals surface area (Å²) < 4.78 is 27.5. The average Bonchev–Trinajstić information content (AvgIpc) is 2.44. The molecule has 1 aliphatic carbocycles. The van der Waals surface area contributed by atoms with Crippen molar-refractivity contribution < 1.29 is 8.78 Å². The average molecular weight is 267 g/mol. The van der Waals surface area contributed by atoms with Gasteiger partial charge in [-0.05, 0) is 62.1 Å². The molecule has 1 nitrogen and oxygen atoms in total. The maximum Gasteiger partial charge on any atom is 0.129 e. The summed E-state index contributed by atoms with van der Waals surface area (Å²) in [5.74, 6) is -0.124. The van der Waals surface area contributed by atoms with Gasteiger partial charge in [0.05, 0.1) is 0 Å². The first-order valence-corrected chi connectivity index (χ1v) is 7.23. The summed E-state index contributed by atoms with van der Waals surface area (Å²) in [5.41, 5.74) is 6.02. The summed E-state index contributed by atoms with van der Waals surface area (Å²) in [5, 5.41) is 0. The molecule has 1 saturated carbocycles. The first-order chi connectivity index (χ1) is 9.10. The zero-order valence-electron chi connectivity index (χ0n) is 11.6. The molecule has 1 aromatic carbocycles. The van der Waals surface area contributed by atoms with E-state index in [1.165, 1.54) is 24.6 Å². The minimum atomic E-state index is -0.439. The first kappa shape index (κ1) is 14.4. The zero-order valence-corrected chi connectivity index (χ0v) is 11.6. The van der Waals surface area contributed by atoms with Gasteiger partial charge in [-0.2, -0.15) is 0 Å². The molecule has 0 bridgehead atoms. The van der Waals surface area contributed by atoms with Gasteiger partial charge in [-0.25, -0.2) is 8.78 Å². The molecule has 0 spiro atoms. The molecule has 2 N–H and O–H groups in total. The highest BCUT2D eigenvalue weighted by atomic mass is 19.1. The number of hydrogen-bond donors (Lipinski definition) is 1. The third-order valence-electron chi connectivity index (χ3n) is 4.79. The molecule has 19 heavy (non-hydrogen) atoms. The molecule has 3 heteroatoms. The lowest BCUT2D eigenvalue weighted by Crippen LogP contribution is -2.37. The van der Waals surface area contributed by atoms with E-state index in [9.17, 15) is 8.78 Å². The van der Waals surface area contributed by atoms with Crippen molar-refractivity contribution in [2.24, 2.45) is 17.1 Å². The van der Waals surface area contributed by atoms with Gasteiger partial charge in [-0.3, -0.25) is 0 Å². The van der Waals surface area contributed by atoms with E-state index in [0.717, 1.165) is 31.6 Å². The number of halogens is 2. The number of hydrogen-bond acceptors (Lipinski definition) is 1. The monoisotopic (exact) mass is 267 g/mol. The lowest BCUT2D eigenvalue weighted by Gasteiger charge is -2.39. The molecule has 0 aromatic heterocycles. The molecule has 1 aliphatic rings. The van der Waals surface area contributed by atoms with Crippen molar-refractivity contribution in [2.45, 2.75) is 45.4 Å². The highest BCUT2D eigenvalue weighted by molar-refractivity contribution is 5.21. The minimum Gasteiger partial charge on any atom is -0.330 e. The maximum atomic E-state index is 13.8. The van der Waals surface area contributed by atoms with Gasteiger partial charge in [0.2, 0.25) is 0 Å². The van der Waals surface area contributed by atoms with E-state index in [4.69, 9.17) is 5.73 Å². The van der Waals surface area contributed by atoms with Crippen molar-refractivity contribution in [1.29, 1.82) is 0 Å². The summed E-state index contributed by atoms with van der Waals surface area (Å²) >= 11 is 0. The Bertz CT molecular complexity index is 403. The Kier molecular flexibility index (Phi) is 4.56. The van der Waals surface area contributed by atoms with Gasteiger partial charge in [0.25, 0.3) is 0 Å². The van der Waals surface area contributed by atoms with Gasteiger partial charge in [0, 0.05) is 5.56 Å². The van der Waals surface area contributed by atoms with Gasteiger partial charge in [-0.1, -0.05) is 19.4 Å². The van der Waals surface area contributed by atoms with E-state index < -0.39 is 11.6 Å². The summed E-state index contributed by atoms with van der Waals surface area (Å²) in [6, 6.07) is 4.08. The van der Waals surface area contributed by atoms with Crippen LogP contribution in [0.15, 0.2) is 18.2 Å². The van der Waals surface area contributed by atoms with Crippen molar-refractivity contribution >= 4 is 0 Å². The molecule has 0 atom stereocenters. The first-order valence-electron chi connectivity index (χ1n) is 7.23. The number of benzene rings is 1. The molecule has 1 aromatic rings. The van der Waals surface area contributed by atoms with Crippen molar-refractivity contribution in [3.8, 4) is 0 Å². The van der Waals surface area contributed by atoms with Gasteiger partial charge in [0.15, 0.2) is 0 Å². The Morgan fingerprint density at radius 2 is 1.79 bits per heavy atom. The maximum absolute atomic E-state index is 13.8. The van der Waals surface area contributed by atoms with Gasteiger partial charge in [-0.15, -0.1) is 0 Å². The molecule has 0 saturated heterocycles. The van der Waals surface area contributed by atoms with Crippen LogP contribution in [0, 0.1) is 23.0 Å². The third kappa shape index (κ3) is 3.14. The van der Waals surface area contributed by atoms with Crippen LogP contribution in [0.4, 0.5) is 8.78 Å². The second-order valence-electron chi connectivity index (χ2n) is 5.93. The zero-order chi connectivity index (χ0) is 13.9. The van der Waals surface area contributed by atoms with E-state index in [0.29, 0.717) is 13.0 Å². The van der Waals surface area contributed by atoms with Gasteiger partial charge < -0.3 is 5.73 Å². The molecule has 0 radical (unpaired) electrons. The molecule has 1 fully saturated rings. The lowest BCUT2D eigenvalue weighted by molar-refractivity contribution is 0.151. The van der Waals surface area contributed by atoms with Crippen LogP contribution in [0.25, 0.3) is 0 Å². The summed E-state index contributed by atoms with van der Waals surface area (Å²) in [7, 11) is 0. The van der Waals surface area contributed by atoms with E-state index in [2.05, 4.69) is 6.92 Å². The SMILES string of the molecule is CCC1CCC(CN)(Cc2c(F)cccc2F)CC1. The van der Waals surface area contributed by atoms with Crippen LogP contribution in [-0.2, 0) is 6.42 Å². The fourth-order valence-electron chi connectivity index (χ4n) is 3.23. The smallest absolute Gasteiger partial charge is 0.129 e. The Hall–Kier alpha value is -0.960. The quantitative estimate of drug-likeness (QED) is 0.875. The van der Waals surface area contributed by atoms with E-state index >= 15 is 0 Å². The van der Waals surface area contributed by atoms with Crippen LogP contribution in [0.1, 0.15) is 44.6 Å². The van der Waals surface area contributed by atoms with Crippen LogP contribution >= 0.6 is 0 Å². The number of rotatable bonds is 4. The molecule has 106 valence electrons. The van der Waals surface area contributed by atoms with E-state index in [1.807, 2.05) is 0 Å². The molecule has 0 unspecified atom stereocenters. The Morgan fingerprint density at radius 3 is 2.26 bits per heavy atom. The van der Waals surface area contributed by atoms with Crippen LogP contribution < -0.4 is 5.73 Å². The van der Waals surface area contributed by atoms with Gasteiger partial charge in [0.1, 0.15) is 11.6 Å². The molecule has 0 amide bonds. The molecule has 0 heterocycles. The van der Waals surface area contributed by atoms with Crippen LogP contribution in [0.5, 0.6) is 0 Å². The predicted octanol–water partition coefficient (Wildman–Crippen LogP) is 4.05. The normalized spacial score (nSPS) is 27.5. The molecule has 2 rings (SSSR count). The standard InChI is InChI=1S/C16H23F2N/c1-2-12-6-8-16(11-19,9-7-12)10-13-14(17)4-3-5-15(13)18/h3-5,12H,2,6-11,19H2,1H3. The van der Waals surface area contributed by atoms with Crippen LogP contribution in [0.2, 0.25) is 0 Å². The summed E-state index contributed by atoms with van der Waals surface area (Å²) in [4.78, 5) is 0. The van der Waals surface area contributed by atoms with Crippen molar-refractivity contribution in [1.82, 2.24) is 0 Å². The fourth-order valence-corrected chi connectivity index (χ4v) is 3.23. The third-order valence-corrected chi connectivity index (χ3v) is 4.79. The second-order valence-corrected chi connectivity index (χ2v) is 5.93. The minimum absolute atomic E-state index is 0.116. The van der Waals surface area contributed by atoms with E-state index in [-0.39, 0.29) is 11.0 Å². The van der Waals surface area contributed by atoms with Crippen LogP contribution in [-0.4, -0.2) is 6.54 Å². The van der Waals surface area contributed by atoms with Gasteiger partial charge >= 0.3 is 0 Å². The summed E-state index contributed by atoms with van der Waals surface area (Å²) in [6.07, 6.45) is 5.84. The highest BCUT2D eigenvalue weighted by Crippen LogP contribution is 2.42. The Morgan fingerprint density at radius 1 is 1.21 bits per heavy atom. The van der Waals surface area contributed by atoms with Crippen molar-refractivity contribution in [2.75, 3.05) is 6.54 Å². The van der Waals surface area contributed by atoms with Crippen molar-refractivity contribution in [3.63, 3.8) is 0 Å². The topological polar surface area (TPSA) is 26.0 Å². The molecule has 0 aliphatic heterocycles. The fraction of sp³-hybridized carbons (Fsp3) is 0.625. The summed E-state index contributed by atoms with van der Waals surface area (Å²) in [6.45, 7) is 2.72. The number of nitrogens with two attached hydrogens (primary N) is 1. The lowest BCUT2D eigenvalue weighted by atomic mass is 9.67. The highest BCUT2D eigenvalue weighted by Gasteiger charge is 2.35. The molecular weight excluding hydrogens is 244 g/mol. The molecular formula is C16H23F2N. The van der Waals surface area contributed by atoms with E-state index in [1.54, 1.807) is 0 Å². The largest absolute Gasteiger partial charge is 0.330 e. The Labute approximate surface area is 114 Å². The van der Waals surface area contributed by atoms with Crippen LogP contribution in [0.3, 0.4) is 0 Å². The second kappa shape index (κ2) is 6.00. The Balaban J connectivity index is 2.15. The predicted molar refractivity (Wildman–Crippen MR) is 73.8 cm³/mol.